The average molecular weight is 1040 g/mol. The maximum Gasteiger partial charge on any atom is 0.253 e. The number of fused-ring (bicyclic) bond motifs is 1. The SMILES string of the molecule is Cc1cc(C)c(CNC(=O)c2cc(-c3ccc(CN4CCN(CCOCC(=O)N[C@H](C(=O)N5CCC[C@H]5C(=O)CCc5ccc(-c6scnc6C)cc5)C(C)(C)C)CC4)cc3)cc3c2ccn3C2CCCC2)c(=O)[nH]1. The molecule has 1 saturated carbocycles. The van der Waals surface area contributed by atoms with Crippen LogP contribution in [0.2, 0.25) is 0 Å². The van der Waals surface area contributed by atoms with E-state index in [-0.39, 0.29) is 42.2 Å². The number of carbonyl (C=O) groups is 4. The molecule has 75 heavy (non-hydrogen) atoms. The van der Waals surface area contributed by atoms with Gasteiger partial charge in [0.1, 0.15) is 12.6 Å². The van der Waals surface area contributed by atoms with Gasteiger partial charge >= 0.3 is 0 Å². The van der Waals surface area contributed by atoms with Crippen molar-refractivity contribution >= 4 is 45.7 Å². The predicted octanol–water partition coefficient (Wildman–Crippen LogP) is 8.95. The van der Waals surface area contributed by atoms with Gasteiger partial charge in [-0.15, -0.1) is 11.3 Å². The Labute approximate surface area is 445 Å². The highest BCUT2D eigenvalue weighted by atomic mass is 32.1. The summed E-state index contributed by atoms with van der Waals surface area (Å²) in [5.74, 6) is -0.702. The van der Waals surface area contributed by atoms with Crippen LogP contribution in [0.25, 0.3) is 32.5 Å². The van der Waals surface area contributed by atoms with E-state index in [2.05, 4.69) is 102 Å². The summed E-state index contributed by atoms with van der Waals surface area (Å²) in [4.78, 5) is 82.6. The lowest BCUT2D eigenvalue weighted by atomic mass is 9.85. The van der Waals surface area contributed by atoms with Crippen LogP contribution in [0.15, 0.2) is 89.3 Å². The average Bonchev–Trinajstić information content (AvgIpc) is 4.25. The summed E-state index contributed by atoms with van der Waals surface area (Å²) < 4.78 is 8.24. The van der Waals surface area contributed by atoms with E-state index in [9.17, 15) is 24.0 Å². The van der Waals surface area contributed by atoms with Gasteiger partial charge in [-0.25, -0.2) is 4.98 Å². The van der Waals surface area contributed by atoms with Crippen molar-refractivity contribution in [3.05, 3.63) is 134 Å². The fourth-order valence-corrected chi connectivity index (χ4v) is 12.1. The van der Waals surface area contributed by atoms with Crippen molar-refractivity contribution in [3.8, 4) is 21.6 Å². The Morgan fingerprint density at radius 1 is 0.827 bits per heavy atom. The number of hydrogen-bond donors (Lipinski definition) is 3. The second kappa shape index (κ2) is 23.7. The van der Waals surface area contributed by atoms with Gasteiger partial charge in [0.25, 0.3) is 11.5 Å². The summed E-state index contributed by atoms with van der Waals surface area (Å²) in [5, 5.41) is 6.95. The van der Waals surface area contributed by atoms with E-state index >= 15 is 0 Å². The third kappa shape index (κ3) is 12.9. The van der Waals surface area contributed by atoms with Gasteiger partial charge in [0.15, 0.2) is 5.78 Å². The summed E-state index contributed by atoms with van der Waals surface area (Å²) in [6.45, 7) is 17.6. The summed E-state index contributed by atoms with van der Waals surface area (Å²) in [7, 11) is 0. The number of nitrogens with one attached hydrogen (secondary N) is 3. The molecule has 0 radical (unpaired) electrons. The number of thiazole rings is 1. The van der Waals surface area contributed by atoms with Crippen LogP contribution in [0.4, 0.5) is 0 Å². The number of benzene rings is 3. The smallest absolute Gasteiger partial charge is 0.253 e. The maximum absolute atomic E-state index is 14.1. The van der Waals surface area contributed by atoms with E-state index in [0.717, 1.165) is 107 Å². The Balaban J connectivity index is 0.729. The summed E-state index contributed by atoms with van der Waals surface area (Å²) in [5.41, 5.74) is 11.4. The molecular weight excluding hydrogens is 961 g/mol. The number of carbonyl (C=O) groups excluding carboxylic acids is 4. The molecule has 3 amide bonds. The first-order chi connectivity index (χ1) is 36.1. The third-order valence-corrected chi connectivity index (χ3v) is 16.6. The van der Waals surface area contributed by atoms with E-state index in [4.69, 9.17) is 4.74 Å². The molecule has 3 fully saturated rings. The number of hydrogen-bond acceptors (Lipinski definition) is 10. The van der Waals surface area contributed by atoms with Crippen LogP contribution in [0.1, 0.15) is 116 Å². The number of aromatic nitrogens is 3. The first-order valence-corrected chi connectivity index (χ1v) is 27.8. The second-order valence-electron chi connectivity index (χ2n) is 22.1. The number of aromatic amines is 1. The van der Waals surface area contributed by atoms with Gasteiger partial charge in [-0.3, -0.25) is 33.8 Å². The van der Waals surface area contributed by atoms with Crippen molar-refractivity contribution in [3.63, 3.8) is 0 Å². The number of amides is 3. The molecule has 5 heterocycles. The number of pyridine rings is 1. The van der Waals surface area contributed by atoms with Crippen LogP contribution < -0.4 is 16.2 Å². The highest BCUT2D eigenvalue weighted by Gasteiger charge is 2.41. The molecule has 14 nitrogen and oxygen atoms in total. The lowest BCUT2D eigenvalue weighted by Crippen LogP contribution is -2.57. The van der Waals surface area contributed by atoms with Crippen molar-refractivity contribution in [2.45, 2.75) is 124 Å². The quantitative estimate of drug-likeness (QED) is 0.0673. The first-order valence-electron chi connectivity index (χ1n) is 27.0. The number of aryl methyl sites for hydroxylation is 4. The molecule has 0 bridgehead atoms. The minimum atomic E-state index is -0.793. The van der Waals surface area contributed by atoms with Gasteiger partial charge in [0.05, 0.1) is 28.7 Å². The lowest BCUT2D eigenvalue weighted by Gasteiger charge is -2.35. The van der Waals surface area contributed by atoms with Crippen LogP contribution in [0.3, 0.4) is 0 Å². The zero-order valence-electron chi connectivity index (χ0n) is 44.6. The molecule has 2 saturated heterocycles. The van der Waals surface area contributed by atoms with Crippen molar-refractivity contribution in [1.82, 2.24) is 39.9 Å². The van der Waals surface area contributed by atoms with Gasteiger partial charge in [-0.05, 0) is 116 Å². The monoisotopic (exact) mass is 1030 g/mol. The predicted molar refractivity (Wildman–Crippen MR) is 297 cm³/mol. The van der Waals surface area contributed by atoms with E-state index in [1.165, 1.54) is 18.4 Å². The van der Waals surface area contributed by atoms with Crippen LogP contribution in [-0.2, 0) is 38.6 Å². The number of ether oxygens (including phenoxy) is 1. The van der Waals surface area contributed by atoms with E-state index in [0.29, 0.717) is 56.1 Å². The molecule has 15 heteroatoms. The van der Waals surface area contributed by atoms with Gasteiger partial charge in [0, 0.05) is 98.7 Å². The standard InChI is InChI=1S/C60H74N8O6S/c1-39-32-40(2)63-58(72)50(39)35-61-57(71)49-33-46(34-52-48(49)23-25-67(52)47-10-7-8-11-47)44-18-15-43(16-19-44)36-66-28-26-65(27-29-66)30-31-74-37-54(70)64-56(60(4,5)6)59(73)68-24-9-12-51(68)53(69)22-17-42-13-20-45(21-14-42)55-41(3)62-38-75-55/h13-16,18-21,23,25,32-34,38,47,51,56H,7-12,17,22,24,26-31,35-37H2,1-6H3,(H,61,71)(H,63,72)(H,64,70)/t51-,56+/m0/s1. The largest absolute Gasteiger partial charge is 0.370 e. The van der Waals surface area contributed by atoms with E-state index < -0.39 is 17.5 Å². The normalized spacial score (nSPS) is 17.2. The zero-order valence-corrected chi connectivity index (χ0v) is 45.5. The Bertz CT molecular complexity index is 3050. The lowest BCUT2D eigenvalue weighted by molar-refractivity contribution is -0.144. The van der Waals surface area contributed by atoms with Crippen LogP contribution in [-0.4, -0.2) is 117 Å². The molecule has 2 aliphatic heterocycles. The summed E-state index contributed by atoms with van der Waals surface area (Å²) in [6, 6.07) is 24.3. The Hall–Kier alpha value is -6.26. The van der Waals surface area contributed by atoms with Gasteiger partial charge in [0.2, 0.25) is 11.8 Å². The minimum Gasteiger partial charge on any atom is -0.370 e. The number of nitrogens with zero attached hydrogens (tertiary/aromatic N) is 5. The van der Waals surface area contributed by atoms with Gasteiger partial charge in [-0.1, -0.05) is 82.1 Å². The molecule has 6 aromatic rings. The Morgan fingerprint density at radius 2 is 1.53 bits per heavy atom. The number of H-pyrrole nitrogens is 1. The van der Waals surface area contributed by atoms with Gasteiger partial charge in [-0.2, -0.15) is 0 Å². The number of rotatable bonds is 19. The van der Waals surface area contributed by atoms with Crippen LogP contribution in [0, 0.1) is 26.2 Å². The fraction of sp³-hybridized carbons (Fsp3) is 0.467. The van der Waals surface area contributed by atoms with Crippen LogP contribution in [0.5, 0.6) is 0 Å². The van der Waals surface area contributed by atoms with Gasteiger partial charge < -0.3 is 29.8 Å². The van der Waals surface area contributed by atoms with Crippen LogP contribution >= 0.6 is 11.3 Å². The molecule has 9 rings (SSSR count). The minimum absolute atomic E-state index is 0.0566. The van der Waals surface area contributed by atoms with E-state index in [1.807, 2.05) is 59.2 Å². The molecule has 3 aliphatic rings. The number of piperazine rings is 1. The van der Waals surface area contributed by atoms with E-state index in [1.54, 1.807) is 16.2 Å². The van der Waals surface area contributed by atoms with Crippen molar-refractivity contribution in [1.29, 1.82) is 0 Å². The molecule has 3 aromatic heterocycles. The summed E-state index contributed by atoms with van der Waals surface area (Å²) in [6.07, 6.45) is 9.13. The molecule has 1 aliphatic carbocycles. The third-order valence-electron chi connectivity index (χ3n) is 15.6. The molecule has 2 atom stereocenters. The zero-order chi connectivity index (χ0) is 52.8. The number of ketones is 1. The second-order valence-corrected chi connectivity index (χ2v) is 23.0. The summed E-state index contributed by atoms with van der Waals surface area (Å²) >= 11 is 1.62. The number of likely N-dealkylation sites (tertiary alicyclic amines) is 1. The highest BCUT2D eigenvalue weighted by molar-refractivity contribution is 7.13. The van der Waals surface area contributed by atoms with Crippen molar-refractivity contribution < 1.29 is 23.9 Å². The molecule has 0 spiro atoms. The Kier molecular flexibility index (Phi) is 17.0. The topological polar surface area (TPSA) is 162 Å². The maximum atomic E-state index is 14.1. The Morgan fingerprint density at radius 3 is 2.23 bits per heavy atom. The molecule has 0 unspecified atom stereocenters. The molecular formula is C60H74N8O6S. The first kappa shape index (κ1) is 53.6. The van der Waals surface area contributed by atoms with Crippen molar-refractivity contribution in [2.75, 3.05) is 52.5 Å². The fourth-order valence-electron chi connectivity index (χ4n) is 11.3. The molecule has 3 N–H and O–H groups in total. The van der Waals surface area contributed by atoms with Crippen molar-refractivity contribution in [2.24, 2.45) is 5.41 Å². The molecule has 396 valence electrons. The number of Topliss-reactive ketones (excluding diaryl/α,β-unsaturated/α-hetero) is 1. The molecule has 3 aromatic carbocycles. The highest BCUT2D eigenvalue weighted by Crippen LogP contribution is 2.37.